The van der Waals surface area contributed by atoms with Gasteiger partial charge < -0.3 is 15.4 Å². The summed E-state index contributed by atoms with van der Waals surface area (Å²) >= 11 is 0. The number of sulfone groups is 1. The molecule has 2 N–H and O–H groups in total. The minimum atomic E-state index is -2.98. The van der Waals surface area contributed by atoms with Gasteiger partial charge in [-0.3, -0.25) is 4.79 Å². The highest BCUT2D eigenvalue weighted by molar-refractivity contribution is 7.91. The molecule has 0 aromatic heterocycles. The Morgan fingerprint density at radius 3 is 2.50 bits per heavy atom. The van der Waals surface area contributed by atoms with Gasteiger partial charge >= 0.3 is 0 Å². The lowest BCUT2D eigenvalue weighted by Gasteiger charge is -2.37. The van der Waals surface area contributed by atoms with Gasteiger partial charge in [-0.2, -0.15) is 0 Å². The second-order valence-corrected chi connectivity index (χ2v) is 7.47. The molecule has 6 nitrogen and oxygen atoms in total. The number of ether oxygens (including phenoxy) is 1. The number of nitrogens with two attached hydrogens (primary N) is 1. The summed E-state index contributed by atoms with van der Waals surface area (Å²) in [6, 6.07) is -0.231. The topological polar surface area (TPSA) is 89.7 Å². The Bertz CT molecular complexity index is 428. The lowest BCUT2D eigenvalue weighted by Crippen LogP contribution is -2.59. The number of amides is 1. The molecule has 2 fully saturated rings. The molecular weight excluding hydrogens is 256 g/mol. The average molecular weight is 276 g/mol. The Morgan fingerprint density at radius 1 is 1.39 bits per heavy atom. The van der Waals surface area contributed by atoms with Crippen molar-refractivity contribution in [2.75, 3.05) is 31.8 Å². The molecule has 1 atom stereocenters. The van der Waals surface area contributed by atoms with Crippen LogP contribution in [0, 0.1) is 0 Å². The lowest BCUT2D eigenvalue weighted by molar-refractivity contribution is -0.140. The number of hydrogen-bond donors (Lipinski definition) is 1. The molecule has 18 heavy (non-hydrogen) atoms. The van der Waals surface area contributed by atoms with Crippen LogP contribution in [0.5, 0.6) is 0 Å². The summed E-state index contributed by atoms with van der Waals surface area (Å²) in [5.41, 5.74) is 5.23. The zero-order valence-electron chi connectivity index (χ0n) is 10.6. The maximum Gasteiger partial charge on any atom is 0.242 e. The summed E-state index contributed by atoms with van der Waals surface area (Å²) < 4.78 is 28.1. The number of carbonyl (C=O) groups is 1. The van der Waals surface area contributed by atoms with Crippen molar-refractivity contribution in [1.82, 2.24) is 4.90 Å². The van der Waals surface area contributed by atoms with Crippen LogP contribution in [0.25, 0.3) is 0 Å². The van der Waals surface area contributed by atoms with Crippen LogP contribution in [0.1, 0.15) is 19.3 Å². The molecule has 104 valence electrons. The minimum absolute atomic E-state index is 0.0574. The minimum Gasteiger partial charge on any atom is -0.381 e. The molecule has 2 rings (SSSR count). The second kappa shape index (κ2) is 4.79. The van der Waals surface area contributed by atoms with E-state index in [1.807, 2.05) is 0 Å². The van der Waals surface area contributed by atoms with E-state index < -0.39 is 15.4 Å². The van der Waals surface area contributed by atoms with Crippen molar-refractivity contribution < 1.29 is 17.9 Å². The quantitative estimate of drug-likeness (QED) is 0.709. The molecule has 1 amide bonds. The smallest absolute Gasteiger partial charge is 0.242 e. The van der Waals surface area contributed by atoms with Crippen LogP contribution in [-0.2, 0) is 19.4 Å². The van der Waals surface area contributed by atoms with Crippen LogP contribution < -0.4 is 5.73 Å². The predicted octanol–water partition coefficient (Wildman–Crippen LogP) is -0.860. The van der Waals surface area contributed by atoms with Crippen LogP contribution in [0.2, 0.25) is 0 Å². The molecule has 2 heterocycles. The standard InChI is InChI=1S/C11H20N2O4S/c1-13(9-2-7-18(15,16)8-9)10(14)11(12)3-5-17-6-4-11/h9H,2-8,12H2,1H3. The summed E-state index contributed by atoms with van der Waals surface area (Å²) in [6.45, 7) is 0.970. The Labute approximate surface area is 107 Å². The van der Waals surface area contributed by atoms with Crippen molar-refractivity contribution in [2.24, 2.45) is 5.73 Å². The van der Waals surface area contributed by atoms with E-state index in [4.69, 9.17) is 10.5 Å². The van der Waals surface area contributed by atoms with Gasteiger partial charge in [0.1, 0.15) is 0 Å². The summed E-state index contributed by atoms with van der Waals surface area (Å²) in [7, 11) is -1.33. The number of rotatable bonds is 2. The van der Waals surface area contributed by atoms with Crippen molar-refractivity contribution in [3.63, 3.8) is 0 Å². The first kappa shape index (κ1) is 13.8. The van der Waals surface area contributed by atoms with Crippen LogP contribution in [0.15, 0.2) is 0 Å². The van der Waals surface area contributed by atoms with Crippen molar-refractivity contribution in [1.29, 1.82) is 0 Å². The fraction of sp³-hybridized carbons (Fsp3) is 0.909. The summed E-state index contributed by atoms with van der Waals surface area (Å²) in [6.07, 6.45) is 1.50. The van der Waals surface area contributed by atoms with E-state index in [9.17, 15) is 13.2 Å². The van der Waals surface area contributed by atoms with Crippen LogP contribution >= 0.6 is 0 Å². The molecule has 2 aliphatic rings. The molecule has 0 aromatic carbocycles. The molecule has 0 radical (unpaired) electrons. The van der Waals surface area contributed by atoms with E-state index >= 15 is 0 Å². The molecule has 0 bridgehead atoms. The van der Waals surface area contributed by atoms with Crippen molar-refractivity contribution in [2.45, 2.75) is 30.8 Å². The molecule has 0 aliphatic carbocycles. The van der Waals surface area contributed by atoms with Crippen molar-refractivity contribution >= 4 is 15.7 Å². The average Bonchev–Trinajstić information content (AvgIpc) is 2.69. The normalized spacial score (nSPS) is 30.0. The van der Waals surface area contributed by atoms with E-state index in [1.165, 1.54) is 4.90 Å². The number of nitrogens with zero attached hydrogens (tertiary/aromatic N) is 1. The van der Waals surface area contributed by atoms with Crippen molar-refractivity contribution in [3.05, 3.63) is 0 Å². The lowest BCUT2D eigenvalue weighted by atomic mass is 9.89. The third-order valence-electron chi connectivity index (χ3n) is 3.89. The fourth-order valence-electron chi connectivity index (χ4n) is 2.55. The third-order valence-corrected chi connectivity index (χ3v) is 5.64. The highest BCUT2D eigenvalue weighted by atomic mass is 32.2. The molecule has 7 heteroatoms. The molecule has 0 spiro atoms. The second-order valence-electron chi connectivity index (χ2n) is 5.24. The summed E-state index contributed by atoms with van der Waals surface area (Å²) in [4.78, 5) is 13.9. The van der Waals surface area contributed by atoms with E-state index in [2.05, 4.69) is 0 Å². The first-order valence-electron chi connectivity index (χ1n) is 6.18. The number of hydrogen-bond acceptors (Lipinski definition) is 5. The van der Waals surface area contributed by atoms with Gasteiger partial charge in [-0.05, 0) is 19.3 Å². The maximum atomic E-state index is 12.4. The van der Waals surface area contributed by atoms with E-state index in [1.54, 1.807) is 7.05 Å². The fourth-order valence-corrected chi connectivity index (χ4v) is 4.32. The van der Waals surface area contributed by atoms with Crippen LogP contribution in [-0.4, -0.2) is 62.6 Å². The Hall–Kier alpha value is -0.660. The number of likely N-dealkylation sites (N-methyl/N-ethyl adjacent to an activating group) is 1. The van der Waals surface area contributed by atoms with Gasteiger partial charge in [-0.25, -0.2) is 8.42 Å². The van der Waals surface area contributed by atoms with E-state index in [0.717, 1.165) is 0 Å². The zero-order valence-corrected chi connectivity index (χ0v) is 11.4. The highest BCUT2D eigenvalue weighted by Gasteiger charge is 2.42. The molecule has 2 saturated heterocycles. The van der Waals surface area contributed by atoms with Gasteiger partial charge in [0, 0.05) is 26.3 Å². The van der Waals surface area contributed by atoms with Gasteiger partial charge in [0.2, 0.25) is 5.91 Å². The van der Waals surface area contributed by atoms with Crippen LogP contribution in [0.3, 0.4) is 0 Å². The van der Waals surface area contributed by atoms with Crippen LogP contribution in [0.4, 0.5) is 0 Å². The largest absolute Gasteiger partial charge is 0.381 e. The van der Waals surface area contributed by atoms with E-state index in [0.29, 0.717) is 32.5 Å². The van der Waals surface area contributed by atoms with Gasteiger partial charge in [0.05, 0.1) is 17.0 Å². The monoisotopic (exact) mass is 276 g/mol. The highest BCUT2D eigenvalue weighted by Crippen LogP contribution is 2.24. The number of carbonyl (C=O) groups excluding carboxylic acids is 1. The maximum absolute atomic E-state index is 12.4. The third kappa shape index (κ3) is 2.67. The summed E-state index contributed by atoms with van der Waals surface area (Å²) in [5, 5.41) is 0. The Morgan fingerprint density at radius 2 is 2.00 bits per heavy atom. The molecule has 0 aromatic rings. The Balaban J connectivity index is 2.04. The Kier molecular flexibility index (Phi) is 3.66. The van der Waals surface area contributed by atoms with Gasteiger partial charge in [0.15, 0.2) is 9.84 Å². The van der Waals surface area contributed by atoms with Gasteiger partial charge in [-0.15, -0.1) is 0 Å². The predicted molar refractivity (Wildman–Crippen MR) is 66.8 cm³/mol. The first-order valence-corrected chi connectivity index (χ1v) is 8.00. The van der Waals surface area contributed by atoms with Gasteiger partial charge in [0.25, 0.3) is 0 Å². The first-order chi connectivity index (χ1) is 8.34. The molecule has 1 unspecified atom stereocenters. The van der Waals surface area contributed by atoms with E-state index in [-0.39, 0.29) is 23.5 Å². The SMILES string of the molecule is CN(C(=O)C1(N)CCOCC1)C1CCS(=O)(=O)C1. The van der Waals surface area contributed by atoms with Gasteiger partial charge in [-0.1, -0.05) is 0 Å². The molecular formula is C11H20N2O4S. The zero-order chi connectivity index (χ0) is 13.4. The molecule has 2 aliphatic heterocycles. The molecule has 0 saturated carbocycles. The summed E-state index contributed by atoms with van der Waals surface area (Å²) in [5.74, 6) is 0.0607. The van der Waals surface area contributed by atoms with Crippen molar-refractivity contribution in [3.8, 4) is 0 Å².